The number of nitrogens with zero attached hydrogens (tertiary/aromatic N) is 5. The number of azo groups is 2. The van der Waals surface area contributed by atoms with Crippen LogP contribution in [0.25, 0.3) is 0 Å². The molecule has 2 aromatic carbocycles. The number of carbonyl (C=O) groups is 4. The molecule has 0 fully saturated rings. The fourth-order valence-corrected chi connectivity index (χ4v) is 3.22. The average molecular weight is 536 g/mol. The first-order valence-corrected chi connectivity index (χ1v) is 11.4. The minimum absolute atomic E-state index is 0.0449. The van der Waals surface area contributed by atoms with Crippen LogP contribution in [-0.4, -0.2) is 61.2 Å². The molecule has 0 bridgehead atoms. The summed E-state index contributed by atoms with van der Waals surface area (Å²) in [4.78, 5) is 54.3. The lowest BCUT2D eigenvalue weighted by molar-refractivity contribution is -0.144. The van der Waals surface area contributed by atoms with Crippen LogP contribution in [-0.2, 0) is 30.2 Å². The predicted octanol–water partition coefficient (Wildman–Crippen LogP) is 4.03. The van der Waals surface area contributed by atoms with Crippen molar-refractivity contribution in [3.8, 4) is 0 Å². The van der Waals surface area contributed by atoms with E-state index in [1.807, 2.05) is 0 Å². The number of ether oxygens (including phenoxy) is 3. The lowest BCUT2D eigenvalue weighted by Crippen LogP contribution is -2.42. The number of rotatable bonds is 10. The minimum atomic E-state index is -1.03. The Hall–Kier alpha value is -5.27. The van der Waals surface area contributed by atoms with Crippen molar-refractivity contribution in [2.75, 3.05) is 21.3 Å². The molecule has 1 atom stereocenters. The summed E-state index contributed by atoms with van der Waals surface area (Å²) >= 11 is 0. The molecule has 0 aliphatic rings. The van der Waals surface area contributed by atoms with Crippen LogP contribution < -0.4 is 5.32 Å². The van der Waals surface area contributed by atoms with E-state index in [0.29, 0.717) is 28.2 Å². The van der Waals surface area contributed by atoms with Gasteiger partial charge in [0.25, 0.3) is 0 Å². The van der Waals surface area contributed by atoms with Gasteiger partial charge in [0, 0.05) is 13.3 Å². The first-order chi connectivity index (χ1) is 18.7. The van der Waals surface area contributed by atoms with Crippen molar-refractivity contribution in [1.82, 2.24) is 15.3 Å². The van der Waals surface area contributed by atoms with Crippen molar-refractivity contribution in [1.29, 1.82) is 0 Å². The van der Waals surface area contributed by atoms with Gasteiger partial charge in [-0.2, -0.15) is 4.98 Å². The molecule has 3 rings (SSSR count). The molecule has 1 aromatic heterocycles. The molecule has 0 aliphatic heterocycles. The van der Waals surface area contributed by atoms with E-state index in [2.05, 4.69) is 45.2 Å². The highest BCUT2D eigenvalue weighted by Gasteiger charge is 2.24. The molecular formula is C25H25N7O7. The quantitative estimate of drug-likeness (QED) is 0.221. The second-order valence-electron chi connectivity index (χ2n) is 7.82. The van der Waals surface area contributed by atoms with Gasteiger partial charge in [0.05, 0.1) is 49.5 Å². The smallest absolute Gasteiger partial charge is 0.337 e. The summed E-state index contributed by atoms with van der Waals surface area (Å²) in [5.41, 5.74) is 1.86. The third kappa shape index (κ3) is 7.85. The van der Waals surface area contributed by atoms with Crippen LogP contribution in [0.1, 0.15) is 33.3 Å². The number of benzene rings is 2. The Morgan fingerprint density at radius 1 is 0.795 bits per heavy atom. The number of nitrogens with one attached hydrogen (secondary N) is 2. The molecule has 0 unspecified atom stereocenters. The number of methoxy groups -OCH3 is 3. The summed E-state index contributed by atoms with van der Waals surface area (Å²) < 4.78 is 14.1. The molecule has 14 heteroatoms. The molecule has 39 heavy (non-hydrogen) atoms. The van der Waals surface area contributed by atoms with Crippen molar-refractivity contribution >= 4 is 47.0 Å². The van der Waals surface area contributed by atoms with Gasteiger partial charge in [0.15, 0.2) is 5.82 Å². The number of H-pyrrole nitrogens is 1. The van der Waals surface area contributed by atoms with Crippen LogP contribution in [0, 0.1) is 0 Å². The second-order valence-corrected chi connectivity index (χ2v) is 7.82. The Bertz CT molecular complexity index is 1400. The van der Waals surface area contributed by atoms with E-state index in [4.69, 9.17) is 4.74 Å². The number of amides is 1. The van der Waals surface area contributed by atoms with Gasteiger partial charge in [0.1, 0.15) is 6.04 Å². The molecule has 0 saturated heterocycles. The highest BCUT2D eigenvalue weighted by molar-refractivity contribution is 5.90. The summed E-state index contributed by atoms with van der Waals surface area (Å²) in [5.74, 6) is -1.95. The Morgan fingerprint density at radius 2 is 1.31 bits per heavy atom. The van der Waals surface area contributed by atoms with Crippen LogP contribution in [0.15, 0.2) is 69.0 Å². The fourth-order valence-electron chi connectivity index (χ4n) is 3.22. The highest BCUT2D eigenvalue weighted by atomic mass is 16.5. The van der Waals surface area contributed by atoms with Crippen LogP contribution >= 0.6 is 0 Å². The molecular weight excluding hydrogens is 510 g/mol. The standard InChI is InChI=1S/C25H25N7O7/c1-14(33)26-20(24(36)39-4)13-19-21(31-29-17-9-5-15(6-10-17)22(34)37-2)28-25(27-19)32-30-18-11-7-16(8-12-18)23(35)38-3/h5-12,20H,13H2,1-4H3,(H,26,33)(H,27,28)/t20-/m0/s1. The fraction of sp³-hybridized carbons (Fsp3) is 0.240. The normalized spacial score (nSPS) is 11.8. The average Bonchev–Trinajstić information content (AvgIpc) is 3.34. The summed E-state index contributed by atoms with van der Waals surface area (Å²) in [5, 5.41) is 19.0. The van der Waals surface area contributed by atoms with Gasteiger partial charge >= 0.3 is 17.9 Å². The Balaban J connectivity index is 1.90. The van der Waals surface area contributed by atoms with E-state index >= 15 is 0 Å². The molecule has 14 nitrogen and oxygen atoms in total. The van der Waals surface area contributed by atoms with Crippen molar-refractivity contribution < 1.29 is 33.4 Å². The monoisotopic (exact) mass is 535 g/mol. The largest absolute Gasteiger partial charge is 0.467 e. The van der Waals surface area contributed by atoms with Crippen LogP contribution in [0.5, 0.6) is 0 Å². The van der Waals surface area contributed by atoms with Gasteiger partial charge in [-0.25, -0.2) is 14.4 Å². The molecule has 0 saturated carbocycles. The van der Waals surface area contributed by atoms with Crippen molar-refractivity contribution in [2.45, 2.75) is 19.4 Å². The maximum atomic E-state index is 12.2. The van der Waals surface area contributed by atoms with E-state index in [0.717, 1.165) is 0 Å². The Labute approximate surface area is 222 Å². The summed E-state index contributed by atoms with van der Waals surface area (Å²) in [6.07, 6.45) is -0.0573. The van der Waals surface area contributed by atoms with Gasteiger partial charge in [0.2, 0.25) is 11.9 Å². The van der Waals surface area contributed by atoms with Crippen molar-refractivity contribution in [3.63, 3.8) is 0 Å². The maximum Gasteiger partial charge on any atom is 0.337 e. The Kier molecular flexibility index (Phi) is 9.67. The lowest BCUT2D eigenvalue weighted by Gasteiger charge is -2.14. The highest BCUT2D eigenvalue weighted by Crippen LogP contribution is 2.26. The van der Waals surface area contributed by atoms with Gasteiger partial charge in [-0.15, -0.1) is 20.5 Å². The molecule has 0 aliphatic carbocycles. The zero-order valence-electron chi connectivity index (χ0n) is 21.5. The topological polar surface area (TPSA) is 186 Å². The van der Waals surface area contributed by atoms with E-state index < -0.39 is 29.9 Å². The lowest BCUT2D eigenvalue weighted by atomic mass is 10.1. The maximum absolute atomic E-state index is 12.2. The third-order valence-electron chi connectivity index (χ3n) is 5.11. The molecule has 1 heterocycles. The molecule has 2 N–H and O–H groups in total. The number of imidazole rings is 1. The molecule has 0 spiro atoms. The van der Waals surface area contributed by atoms with Gasteiger partial charge in [-0.3, -0.25) is 4.79 Å². The molecule has 0 radical (unpaired) electrons. The number of hydrogen-bond donors (Lipinski definition) is 2. The molecule has 1 amide bonds. The Morgan fingerprint density at radius 3 is 1.77 bits per heavy atom. The number of aromatic amines is 1. The van der Waals surface area contributed by atoms with E-state index in [1.165, 1.54) is 52.5 Å². The number of hydrogen-bond acceptors (Lipinski definition) is 12. The third-order valence-corrected chi connectivity index (χ3v) is 5.11. The van der Waals surface area contributed by atoms with Crippen LogP contribution in [0.2, 0.25) is 0 Å². The number of aromatic nitrogens is 2. The van der Waals surface area contributed by atoms with Crippen molar-refractivity contribution in [3.05, 3.63) is 65.4 Å². The predicted molar refractivity (Wildman–Crippen MR) is 136 cm³/mol. The van der Waals surface area contributed by atoms with E-state index in [1.54, 1.807) is 24.3 Å². The van der Waals surface area contributed by atoms with Crippen molar-refractivity contribution in [2.24, 2.45) is 20.5 Å². The summed E-state index contributed by atoms with van der Waals surface area (Å²) in [7, 11) is 3.77. The van der Waals surface area contributed by atoms with E-state index in [-0.39, 0.29) is 18.2 Å². The molecule has 3 aromatic rings. The first-order valence-electron chi connectivity index (χ1n) is 11.4. The first kappa shape index (κ1) is 28.3. The number of carbonyl (C=O) groups excluding carboxylic acids is 4. The van der Waals surface area contributed by atoms with E-state index in [9.17, 15) is 19.2 Å². The zero-order valence-corrected chi connectivity index (χ0v) is 21.5. The second kappa shape index (κ2) is 13.3. The van der Waals surface area contributed by atoms with Crippen LogP contribution in [0.3, 0.4) is 0 Å². The summed E-state index contributed by atoms with van der Waals surface area (Å²) in [6.45, 7) is 1.27. The SMILES string of the molecule is COC(=O)c1ccc(N=Nc2nc(N=Nc3ccc(C(=O)OC)cc3)c(C[C@H](NC(C)=O)C(=O)OC)[nH]2)cc1. The zero-order chi connectivity index (χ0) is 28.4. The summed E-state index contributed by atoms with van der Waals surface area (Å²) in [6, 6.07) is 11.4. The molecule has 202 valence electrons. The number of esters is 3. The van der Waals surface area contributed by atoms with Crippen LogP contribution in [0.4, 0.5) is 23.1 Å². The van der Waals surface area contributed by atoms with Gasteiger partial charge in [-0.05, 0) is 48.5 Å². The minimum Gasteiger partial charge on any atom is -0.467 e. The van der Waals surface area contributed by atoms with Gasteiger partial charge < -0.3 is 24.5 Å². The van der Waals surface area contributed by atoms with Gasteiger partial charge in [-0.1, -0.05) is 0 Å².